The molecule has 11 heteroatoms. The Bertz CT molecular complexity index is 1480. The van der Waals surface area contributed by atoms with E-state index in [0.29, 0.717) is 69.4 Å². The monoisotopic (exact) mass is 668 g/mol. The highest BCUT2D eigenvalue weighted by molar-refractivity contribution is 5.72. The molecule has 0 aliphatic carbocycles. The number of benzene rings is 3. The fraction of sp³-hybridized carbons (Fsp3) is 0.459. The van der Waals surface area contributed by atoms with Gasteiger partial charge in [-0.2, -0.15) is 0 Å². The third-order valence-electron chi connectivity index (χ3n) is 7.61. The zero-order valence-corrected chi connectivity index (χ0v) is 28.1. The Balaban J connectivity index is 1.33. The van der Waals surface area contributed by atoms with Gasteiger partial charge in [0.15, 0.2) is 0 Å². The van der Waals surface area contributed by atoms with Gasteiger partial charge in [-0.3, -0.25) is 4.79 Å². The Labute approximate surface area is 281 Å². The maximum Gasteiger partial charge on any atom is 0.410 e. The van der Waals surface area contributed by atoms with Crippen molar-refractivity contribution >= 4 is 12.0 Å². The highest BCUT2D eigenvalue weighted by atomic mass is 19.1. The third kappa shape index (κ3) is 12.0. The van der Waals surface area contributed by atoms with Crippen LogP contribution in [0.5, 0.6) is 17.2 Å². The summed E-state index contributed by atoms with van der Waals surface area (Å²) in [6.07, 6.45) is 1.06. The maximum atomic E-state index is 14.0. The van der Waals surface area contributed by atoms with Crippen LogP contribution < -0.4 is 19.5 Å². The summed E-state index contributed by atoms with van der Waals surface area (Å²) in [6.45, 7) is 9.43. The molecule has 9 nitrogen and oxygen atoms in total. The van der Waals surface area contributed by atoms with Crippen molar-refractivity contribution in [2.45, 2.75) is 64.6 Å². The fourth-order valence-electron chi connectivity index (χ4n) is 5.36. The molecule has 48 heavy (non-hydrogen) atoms. The molecule has 0 saturated carbocycles. The largest absolute Gasteiger partial charge is 0.493 e. The Morgan fingerprint density at radius 3 is 2.31 bits per heavy atom. The summed E-state index contributed by atoms with van der Waals surface area (Å²) in [7, 11) is 0. The van der Waals surface area contributed by atoms with Gasteiger partial charge >= 0.3 is 6.09 Å². The van der Waals surface area contributed by atoms with Crippen LogP contribution in [0.1, 0.15) is 57.6 Å². The minimum absolute atomic E-state index is 0.000194. The first kappa shape index (κ1) is 36.5. The van der Waals surface area contributed by atoms with E-state index in [0.717, 1.165) is 11.1 Å². The molecule has 1 aliphatic heterocycles. The highest BCUT2D eigenvalue weighted by Crippen LogP contribution is 2.32. The van der Waals surface area contributed by atoms with Gasteiger partial charge in [0.05, 0.1) is 32.5 Å². The van der Waals surface area contributed by atoms with E-state index in [4.69, 9.17) is 23.7 Å². The minimum atomic E-state index is -0.623. The number of amides is 2. The second-order valence-corrected chi connectivity index (χ2v) is 12.6. The van der Waals surface area contributed by atoms with E-state index in [1.165, 1.54) is 31.2 Å². The van der Waals surface area contributed by atoms with Crippen molar-refractivity contribution in [1.82, 2.24) is 10.2 Å². The first-order valence-corrected chi connectivity index (χ1v) is 16.3. The van der Waals surface area contributed by atoms with E-state index in [2.05, 4.69) is 5.32 Å². The van der Waals surface area contributed by atoms with Gasteiger partial charge in [0.25, 0.3) is 0 Å². The van der Waals surface area contributed by atoms with Gasteiger partial charge in [-0.05, 0) is 75.1 Å². The number of hydrogen-bond donors (Lipinski definition) is 1. The molecule has 260 valence electrons. The zero-order valence-electron chi connectivity index (χ0n) is 28.1. The van der Waals surface area contributed by atoms with Crippen molar-refractivity contribution < 1.29 is 42.1 Å². The smallest absolute Gasteiger partial charge is 0.410 e. The molecular formula is C37H46F2N2O7. The molecule has 0 spiro atoms. The van der Waals surface area contributed by atoms with E-state index >= 15 is 0 Å². The molecule has 0 bridgehead atoms. The lowest BCUT2D eigenvalue weighted by atomic mass is 9.87. The number of piperidine rings is 1. The van der Waals surface area contributed by atoms with Crippen molar-refractivity contribution in [3.63, 3.8) is 0 Å². The molecule has 4 rings (SSSR count). The van der Waals surface area contributed by atoms with E-state index in [1.54, 1.807) is 23.1 Å². The summed E-state index contributed by atoms with van der Waals surface area (Å²) in [4.78, 5) is 25.8. The van der Waals surface area contributed by atoms with E-state index < -0.39 is 11.4 Å². The van der Waals surface area contributed by atoms with Gasteiger partial charge < -0.3 is 33.9 Å². The number of nitrogens with one attached hydrogen (secondary N) is 1. The fourth-order valence-corrected chi connectivity index (χ4v) is 5.36. The summed E-state index contributed by atoms with van der Waals surface area (Å²) in [5, 5.41) is 2.74. The van der Waals surface area contributed by atoms with Crippen LogP contribution in [0.3, 0.4) is 0 Å². The van der Waals surface area contributed by atoms with Crippen LogP contribution in [-0.4, -0.2) is 74.7 Å². The molecule has 2 atom stereocenters. The predicted molar refractivity (Wildman–Crippen MR) is 178 cm³/mol. The van der Waals surface area contributed by atoms with Crippen LogP contribution in [0.15, 0.2) is 66.7 Å². The van der Waals surface area contributed by atoms with Crippen molar-refractivity contribution in [3.8, 4) is 17.2 Å². The van der Waals surface area contributed by atoms with Crippen molar-refractivity contribution in [2.75, 3.05) is 46.1 Å². The van der Waals surface area contributed by atoms with Crippen molar-refractivity contribution in [3.05, 3.63) is 89.5 Å². The molecule has 1 fully saturated rings. The normalized spacial score (nSPS) is 16.2. The summed E-state index contributed by atoms with van der Waals surface area (Å²) >= 11 is 0. The molecule has 2 amide bonds. The molecule has 1 aliphatic rings. The molecule has 1 heterocycles. The average molecular weight is 669 g/mol. The van der Waals surface area contributed by atoms with Gasteiger partial charge in [-0.1, -0.05) is 24.3 Å². The highest BCUT2D eigenvalue weighted by Gasteiger charge is 2.35. The standard InChI is InChI=1S/C37H46F2N2O7/c1-26(42)40-17-15-28-9-12-30(39)24-34(28)46-21-22-47-35-25-41(36(43)48-37(2,3)4)18-16-33(35)27-10-13-31(14-11-27)44-19-6-20-45-32-8-5-7-29(38)23-32/h5,7-14,23-24,33,35H,6,15-22,25H2,1-4H3,(H,40,42). The minimum Gasteiger partial charge on any atom is -0.493 e. The van der Waals surface area contributed by atoms with Crippen molar-refractivity contribution in [2.24, 2.45) is 0 Å². The third-order valence-corrected chi connectivity index (χ3v) is 7.61. The summed E-state index contributed by atoms with van der Waals surface area (Å²) < 4.78 is 56.7. The van der Waals surface area contributed by atoms with Gasteiger partial charge in [0.2, 0.25) is 5.91 Å². The zero-order chi connectivity index (χ0) is 34.5. The summed E-state index contributed by atoms with van der Waals surface area (Å²) in [5.74, 6) is 0.703. The van der Waals surface area contributed by atoms with Gasteiger partial charge in [-0.25, -0.2) is 13.6 Å². The number of rotatable bonds is 15. The lowest BCUT2D eigenvalue weighted by Gasteiger charge is -2.39. The van der Waals surface area contributed by atoms with Crippen molar-refractivity contribution in [1.29, 1.82) is 0 Å². The summed E-state index contributed by atoms with van der Waals surface area (Å²) in [5.41, 5.74) is 1.21. The molecule has 1 saturated heterocycles. The van der Waals surface area contributed by atoms with E-state index in [9.17, 15) is 18.4 Å². The van der Waals surface area contributed by atoms with Crippen LogP contribution in [0.4, 0.5) is 13.6 Å². The number of ether oxygens (including phenoxy) is 5. The number of halogens is 2. The molecule has 3 aromatic rings. The number of hydrogen-bond acceptors (Lipinski definition) is 7. The van der Waals surface area contributed by atoms with E-state index in [-0.39, 0.29) is 43.1 Å². The number of carbonyl (C=O) groups excluding carboxylic acids is 2. The summed E-state index contributed by atoms with van der Waals surface area (Å²) in [6, 6.07) is 18.2. The maximum absolute atomic E-state index is 14.0. The Kier molecular flexibility index (Phi) is 13.4. The Morgan fingerprint density at radius 1 is 0.875 bits per heavy atom. The van der Waals surface area contributed by atoms with Gasteiger partial charge in [0, 0.05) is 44.5 Å². The molecule has 3 aromatic carbocycles. The number of likely N-dealkylation sites (tertiary alicyclic amines) is 1. The second-order valence-electron chi connectivity index (χ2n) is 12.6. The first-order chi connectivity index (χ1) is 23.0. The molecule has 0 radical (unpaired) electrons. The van der Waals surface area contributed by atoms with Crippen LogP contribution in [0, 0.1) is 11.6 Å². The Morgan fingerprint density at radius 2 is 1.60 bits per heavy atom. The SMILES string of the molecule is CC(=O)NCCc1ccc(F)cc1OCCOC1CN(C(=O)OC(C)(C)C)CCC1c1ccc(OCCCOc2cccc(F)c2)cc1. The van der Waals surface area contributed by atoms with Crippen LogP contribution in [0.25, 0.3) is 0 Å². The van der Waals surface area contributed by atoms with Gasteiger partial charge in [-0.15, -0.1) is 0 Å². The molecule has 2 unspecified atom stereocenters. The first-order valence-electron chi connectivity index (χ1n) is 16.3. The number of nitrogens with zero attached hydrogens (tertiary/aromatic N) is 1. The van der Waals surface area contributed by atoms with Gasteiger partial charge in [0.1, 0.15) is 41.1 Å². The number of carbonyl (C=O) groups is 2. The van der Waals surface area contributed by atoms with Crippen LogP contribution >= 0.6 is 0 Å². The van der Waals surface area contributed by atoms with Crippen LogP contribution in [0.2, 0.25) is 0 Å². The Hall–Kier alpha value is -4.38. The second kappa shape index (κ2) is 17.7. The molecule has 1 N–H and O–H groups in total. The van der Waals surface area contributed by atoms with Crippen LogP contribution in [-0.2, 0) is 20.7 Å². The predicted octanol–water partition coefficient (Wildman–Crippen LogP) is 6.68. The molecule has 0 aromatic heterocycles. The lowest BCUT2D eigenvalue weighted by Crippen LogP contribution is -2.48. The van der Waals surface area contributed by atoms with E-state index in [1.807, 2.05) is 45.0 Å². The topological polar surface area (TPSA) is 95.6 Å². The average Bonchev–Trinajstić information content (AvgIpc) is 3.03. The quantitative estimate of drug-likeness (QED) is 0.181. The lowest BCUT2D eigenvalue weighted by molar-refractivity contribution is -0.118. The molecular weight excluding hydrogens is 622 g/mol.